The predicted octanol–water partition coefficient (Wildman–Crippen LogP) is 3.05. The highest BCUT2D eigenvalue weighted by Crippen LogP contribution is 2.19. The van der Waals surface area contributed by atoms with Crippen molar-refractivity contribution in [2.75, 3.05) is 25.7 Å². The molecule has 0 unspecified atom stereocenters. The zero-order valence-corrected chi connectivity index (χ0v) is 11.8. The maximum absolute atomic E-state index is 5.72. The molecule has 0 atom stereocenters. The second kappa shape index (κ2) is 9.60. The number of alkyl halides is 1. The van der Waals surface area contributed by atoms with E-state index in [0.717, 1.165) is 18.9 Å². The first-order chi connectivity index (χ1) is 7.24. The number of halogens is 1. The van der Waals surface area contributed by atoms with Gasteiger partial charge in [0.25, 0.3) is 0 Å². The molecule has 0 N–H and O–H groups in total. The minimum atomic E-state index is -2.42. The summed E-state index contributed by atoms with van der Waals surface area (Å²) < 4.78 is 17.1. The van der Waals surface area contributed by atoms with Crippen molar-refractivity contribution in [2.24, 2.45) is 0 Å². The van der Waals surface area contributed by atoms with E-state index in [9.17, 15) is 0 Å². The molecule has 5 heteroatoms. The zero-order chi connectivity index (χ0) is 11.6. The summed E-state index contributed by atoms with van der Waals surface area (Å²) >= 11 is 5.63. The van der Waals surface area contributed by atoms with Crippen LogP contribution in [0.5, 0.6) is 0 Å². The van der Waals surface area contributed by atoms with Gasteiger partial charge < -0.3 is 13.3 Å². The van der Waals surface area contributed by atoms with E-state index < -0.39 is 8.80 Å². The Hall–Kier alpha value is 0.387. The molecule has 15 heavy (non-hydrogen) atoms. The molecule has 0 radical (unpaired) electrons. The minimum absolute atomic E-state index is 0.487. The Kier molecular flexibility index (Phi) is 9.85. The van der Waals surface area contributed by atoms with Crippen LogP contribution in [-0.4, -0.2) is 34.5 Å². The summed E-state index contributed by atoms with van der Waals surface area (Å²) in [5, 5.41) is 0. The lowest BCUT2D eigenvalue weighted by Gasteiger charge is -2.28. The van der Waals surface area contributed by atoms with E-state index in [0.29, 0.717) is 25.7 Å². The molecule has 0 saturated carbocycles. The van der Waals surface area contributed by atoms with E-state index >= 15 is 0 Å². The monoisotopic (exact) mass is 254 g/mol. The molecule has 0 spiro atoms. The zero-order valence-electron chi connectivity index (χ0n) is 10.1. The van der Waals surface area contributed by atoms with Gasteiger partial charge in [-0.2, -0.15) is 0 Å². The maximum atomic E-state index is 5.72. The highest BCUT2D eigenvalue weighted by molar-refractivity contribution is 6.60. The van der Waals surface area contributed by atoms with Crippen LogP contribution in [0, 0.1) is 0 Å². The Bertz CT molecular complexity index is 131. The van der Waals surface area contributed by atoms with Crippen LogP contribution < -0.4 is 0 Å². The highest BCUT2D eigenvalue weighted by Gasteiger charge is 2.39. The molecule has 0 amide bonds. The molecular weight excluding hydrogens is 232 g/mol. The average molecular weight is 255 g/mol. The van der Waals surface area contributed by atoms with Crippen LogP contribution in [-0.2, 0) is 13.3 Å². The third kappa shape index (κ3) is 6.53. The third-order valence-corrected chi connectivity index (χ3v) is 5.19. The van der Waals surface area contributed by atoms with Crippen LogP contribution in [0.25, 0.3) is 0 Å². The molecule has 0 aromatic heterocycles. The van der Waals surface area contributed by atoms with Gasteiger partial charge in [0.1, 0.15) is 0 Å². The Labute approximate surface area is 99.4 Å². The van der Waals surface area contributed by atoms with Crippen LogP contribution in [0.1, 0.15) is 33.6 Å². The molecule has 0 aromatic rings. The van der Waals surface area contributed by atoms with Gasteiger partial charge in [0.2, 0.25) is 0 Å². The van der Waals surface area contributed by atoms with Gasteiger partial charge in [-0.25, -0.2) is 0 Å². The smallest absolute Gasteiger partial charge is 0.374 e. The number of hydrogen-bond acceptors (Lipinski definition) is 3. The van der Waals surface area contributed by atoms with E-state index in [4.69, 9.17) is 24.9 Å². The van der Waals surface area contributed by atoms with Crippen molar-refractivity contribution < 1.29 is 13.3 Å². The number of unbranched alkanes of at least 4 members (excludes halogenated alkanes) is 1. The Morgan fingerprint density at radius 2 is 1.60 bits per heavy atom. The van der Waals surface area contributed by atoms with Gasteiger partial charge in [0, 0.05) is 25.1 Å². The first-order valence-corrected chi connectivity index (χ1v) is 8.19. The maximum Gasteiger partial charge on any atom is 0.500 e. The summed E-state index contributed by atoms with van der Waals surface area (Å²) in [6.07, 6.45) is 2.20. The highest BCUT2D eigenvalue weighted by atomic mass is 35.5. The Morgan fingerprint density at radius 3 is 2.00 bits per heavy atom. The largest absolute Gasteiger partial charge is 0.500 e. The predicted molar refractivity (Wildman–Crippen MR) is 65.4 cm³/mol. The molecule has 0 fully saturated rings. The molecule has 0 aromatic carbocycles. The molecule has 0 aliphatic heterocycles. The lowest BCUT2D eigenvalue weighted by atomic mass is 10.4. The average Bonchev–Trinajstić information content (AvgIpc) is 2.24. The van der Waals surface area contributed by atoms with Crippen LogP contribution in [0.15, 0.2) is 0 Å². The first-order valence-electron chi connectivity index (χ1n) is 5.72. The lowest BCUT2D eigenvalue weighted by molar-refractivity contribution is 0.0713. The van der Waals surface area contributed by atoms with Crippen molar-refractivity contribution in [3.05, 3.63) is 0 Å². The van der Waals surface area contributed by atoms with Crippen molar-refractivity contribution in [2.45, 2.75) is 39.7 Å². The van der Waals surface area contributed by atoms with Crippen molar-refractivity contribution >= 4 is 20.4 Å². The summed E-state index contributed by atoms with van der Waals surface area (Å²) in [5.41, 5.74) is 0. The van der Waals surface area contributed by atoms with Crippen LogP contribution in [0.4, 0.5) is 0 Å². The molecule has 0 saturated heterocycles. The quantitative estimate of drug-likeness (QED) is 0.443. The molecule has 0 aliphatic rings. The molecule has 0 heterocycles. The fourth-order valence-corrected chi connectivity index (χ4v) is 4.34. The van der Waals surface area contributed by atoms with E-state index in [1.807, 2.05) is 13.8 Å². The summed E-state index contributed by atoms with van der Waals surface area (Å²) in [7, 11) is -2.42. The molecule has 92 valence electrons. The van der Waals surface area contributed by atoms with Crippen molar-refractivity contribution in [3.8, 4) is 0 Å². The summed E-state index contributed by atoms with van der Waals surface area (Å²) in [6.45, 7) is 7.88. The first kappa shape index (κ1) is 15.4. The Morgan fingerprint density at radius 1 is 1.00 bits per heavy atom. The van der Waals surface area contributed by atoms with E-state index in [1.165, 1.54) is 0 Å². The normalized spacial score (nSPS) is 12.0. The van der Waals surface area contributed by atoms with Crippen LogP contribution in [0.2, 0.25) is 6.04 Å². The Balaban J connectivity index is 4.26. The summed E-state index contributed by atoms with van der Waals surface area (Å²) in [5.74, 6) is 0.487. The fourth-order valence-electron chi connectivity index (χ4n) is 1.37. The molecule has 0 rings (SSSR count). The van der Waals surface area contributed by atoms with Crippen molar-refractivity contribution in [1.29, 1.82) is 0 Å². The van der Waals surface area contributed by atoms with Crippen LogP contribution >= 0.6 is 11.6 Å². The van der Waals surface area contributed by atoms with Gasteiger partial charge in [-0.3, -0.25) is 0 Å². The van der Waals surface area contributed by atoms with Crippen molar-refractivity contribution in [1.82, 2.24) is 0 Å². The lowest BCUT2D eigenvalue weighted by Crippen LogP contribution is -2.46. The van der Waals surface area contributed by atoms with E-state index in [1.54, 1.807) is 0 Å². The van der Waals surface area contributed by atoms with Gasteiger partial charge >= 0.3 is 8.80 Å². The minimum Gasteiger partial charge on any atom is -0.374 e. The van der Waals surface area contributed by atoms with Gasteiger partial charge in [-0.15, -0.1) is 11.6 Å². The van der Waals surface area contributed by atoms with E-state index in [-0.39, 0.29) is 0 Å². The molecule has 0 aliphatic carbocycles. The standard InChI is InChI=1S/C10H23ClO3Si/c1-4-7-10-15(12-5-2,13-6-3)14-9-8-11/h4-10H2,1-3H3. The van der Waals surface area contributed by atoms with Crippen molar-refractivity contribution in [3.63, 3.8) is 0 Å². The number of rotatable bonds is 10. The van der Waals surface area contributed by atoms with E-state index in [2.05, 4.69) is 6.92 Å². The molecular formula is C10H23ClO3Si. The molecule has 3 nitrogen and oxygen atoms in total. The topological polar surface area (TPSA) is 27.7 Å². The van der Waals surface area contributed by atoms with Gasteiger partial charge in [0.05, 0.1) is 6.61 Å². The molecule has 0 bridgehead atoms. The number of hydrogen-bond donors (Lipinski definition) is 0. The van der Waals surface area contributed by atoms with Crippen LogP contribution in [0.3, 0.4) is 0 Å². The van der Waals surface area contributed by atoms with Gasteiger partial charge in [0.15, 0.2) is 0 Å². The fraction of sp³-hybridized carbons (Fsp3) is 1.00. The second-order valence-corrected chi connectivity index (χ2v) is 6.30. The summed E-state index contributed by atoms with van der Waals surface area (Å²) in [4.78, 5) is 0. The second-order valence-electron chi connectivity index (χ2n) is 3.19. The van der Waals surface area contributed by atoms with Gasteiger partial charge in [-0.05, 0) is 20.3 Å². The SMILES string of the molecule is CCCC[Si](OCC)(OCC)OCCCl. The summed E-state index contributed by atoms with van der Waals surface area (Å²) in [6, 6.07) is 0.891. The third-order valence-electron chi connectivity index (χ3n) is 1.96. The van der Waals surface area contributed by atoms with Gasteiger partial charge in [-0.1, -0.05) is 13.3 Å².